The molecule has 0 N–H and O–H groups in total. The minimum absolute atomic E-state index is 0.0819. The lowest BCUT2D eigenvalue weighted by molar-refractivity contribution is -0.384. The lowest BCUT2D eigenvalue weighted by Crippen LogP contribution is -2.23. The Bertz CT molecular complexity index is 1500. The molecule has 0 radical (unpaired) electrons. The monoisotopic (exact) mass is 439 g/mol. The molecule has 0 aliphatic heterocycles. The molecule has 0 saturated carbocycles. The molecule has 0 fully saturated rings. The van der Waals surface area contributed by atoms with Crippen molar-refractivity contribution in [2.24, 2.45) is 4.99 Å². The lowest BCUT2D eigenvalue weighted by atomic mass is 10.2. The van der Waals surface area contributed by atoms with Crippen LogP contribution in [0.2, 0.25) is 0 Å². The summed E-state index contributed by atoms with van der Waals surface area (Å²) in [5, 5.41) is 11.6. The normalized spacial score (nSPS) is 11.7. The second-order valence-corrected chi connectivity index (χ2v) is 7.37. The Labute approximate surface area is 176 Å². The fourth-order valence-corrected chi connectivity index (χ4v) is 4.03. The molecule has 0 spiro atoms. The molecule has 11 heteroatoms. The lowest BCUT2D eigenvalue weighted by Gasteiger charge is -2.03. The summed E-state index contributed by atoms with van der Waals surface area (Å²) in [6.07, 6.45) is 0. The van der Waals surface area contributed by atoms with Crippen LogP contribution in [0.15, 0.2) is 62.7 Å². The Kier molecular flexibility index (Phi) is 5.17. The molecule has 1 amide bonds. The number of hydrogen-bond acceptors (Lipinski definition) is 8. The van der Waals surface area contributed by atoms with Crippen LogP contribution in [-0.4, -0.2) is 28.5 Å². The number of benzene rings is 2. The SMILES string of the molecule is COC(=O)Cn1c(=NC(=O)c2cc3ccccc3oc2=O)sc2cc([N+](=O)[O-])ccc21. The molecule has 4 rings (SSSR count). The summed E-state index contributed by atoms with van der Waals surface area (Å²) in [5.41, 5.74) is -0.473. The number of thiazole rings is 1. The van der Waals surface area contributed by atoms with E-state index in [4.69, 9.17) is 9.15 Å². The van der Waals surface area contributed by atoms with E-state index in [-0.39, 0.29) is 22.6 Å². The predicted octanol–water partition coefficient (Wildman–Crippen LogP) is 2.63. The highest BCUT2D eigenvalue weighted by Crippen LogP contribution is 2.23. The molecule has 2 aromatic carbocycles. The largest absolute Gasteiger partial charge is 0.468 e. The van der Waals surface area contributed by atoms with E-state index in [1.54, 1.807) is 24.3 Å². The van der Waals surface area contributed by atoms with Crippen LogP contribution in [-0.2, 0) is 16.1 Å². The number of hydrogen-bond donors (Lipinski definition) is 0. The van der Waals surface area contributed by atoms with Crippen molar-refractivity contribution in [1.82, 2.24) is 4.57 Å². The fraction of sp³-hybridized carbons (Fsp3) is 0.100. The Morgan fingerprint density at radius 2 is 2.00 bits per heavy atom. The van der Waals surface area contributed by atoms with Gasteiger partial charge in [0.2, 0.25) is 0 Å². The molecule has 0 bridgehead atoms. The fourth-order valence-electron chi connectivity index (χ4n) is 2.97. The summed E-state index contributed by atoms with van der Waals surface area (Å²) < 4.78 is 11.7. The smallest absolute Gasteiger partial charge is 0.349 e. The van der Waals surface area contributed by atoms with E-state index in [9.17, 15) is 24.5 Å². The standard InChI is InChI=1S/C20H13N3O7S/c1-29-17(24)10-22-14-7-6-12(23(27)28)9-16(14)31-20(22)21-18(25)13-8-11-4-2-3-5-15(11)30-19(13)26/h2-9H,10H2,1H3. The molecule has 31 heavy (non-hydrogen) atoms. The first kappa shape index (κ1) is 20.2. The van der Waals surface area contributed by atoms with Crippen molar-refractivity contribution in [2.75, 3.05) is 7.11 Å². The number of rotatable bonds is 4. The molecule has 0 atom stereocenters. The van der Waals surface area contributed by atoms with Crippen LogP contribution in [0.1, 0.15) is 10.4 Å². The highest BCUT2D eigenvalue weighted by molar-refractivity contribution is 7.16. The molecular weight excluding hydrogens is 426 g/mol. The highest BCUT2D eigenvalue weighted by Gasteiger charge is 2.17. The van der Waals surface area contributed by atoms with E-state index < -0.39 is 22.4 Å². The average Bonchev–Trinajstić information content (AvgIpc) is 3.08. The molecule has 0 aliphatic carbocycles. The molecule has 156 valence electrons. The summed E-state index contributed by atoms with van der Waals surface area (Å²) in [6, 6.07) is 12.2. The first-order valence-corrected chi connectivity index (χ1v) is 9.65. The Balaban J connectivity index is 1.89. The van der Waals surface area contributed by atoms with Gasteiger partial charge in [-0.05, 0) is 18.2 Å². The van der Waals surface area contributed by atoms with E-state index in [2.05, 4.69) is 4.99 Å². The van der Waals surface area contributed by atoms with Crippen molar-refractivity contribution < 1.29 is 23.7 Å². The number of nitro groups is 1. The first-order chi connectivity index (χ1) is 14.9. The van der Waals surface area contributed by atoms with Crippen molar-refractivity contribution in [2.45, 2.75) is 6.54 Å². The zero-order valence-corrected chi connectivity index (χ0v) is 16.8. The van der Waals surface area contributed by atoms with Gasteiger partial charge in [-0.2, -0.15) is 4.99 Å². The van der Waals surface area contributed by atoms with Crippen LogP contribution in [0.5, 0.6) is 0 Å². The van der Waals surface area contributed by atoms with Gasteiger partial charge in [0, 0.05) is 17.5 Å². The number of ether oxygens (including phenoxy) is 1. The quantitative estimate of drug-likeness (QED) is 0.206. The molecule has 2 aromatic heterocycles. The van der Waals surface area contributed by atoms with Gasteiger partial charge in [-0.15, -0.1) is 0 Å². The van der Waals surface area contributed by atoms with E-state index in [1.807, 2.05) is 0 Å². The number of para-hydroxylation sites is 1. The van der Waals surface area contributed by atoms with Crippen LogP contribution >= 0.6 is 11.3 Å². The van der Waals surface area contributed by atoms with Gasteiger partial charge in [-0.3, -0.25) is 19.7 Å². The maximum Gasteiger partial charge on any atom is 0.349 e. The Morgan fingerprint density at radius 1 is 1.23 bits per heavy atom. The van der Waals surface area contributed by atoms with Gasteiger partial charge in [0.25, 0.3) is 11.6 Å². The molecule has 0 aliphatic rings. The van der Waals surface area contributed by atoms with E-state index in [0.717, 1.165) is 11.3 Å². The minimum Gasteiger partial charge on any atom is -0.468 e. The summed E-state index contributed by atoms with van der Waals surface area (Å²) in [4.78, 5) is 51.5. The van der Waals surface area contributed by atoms with Crippen molar-refractivity contribution in [3.8, 4) is 0 Å². The van der Waals surface area contributed by atoms with Gasteiger partial charge in [-0.1, -0.05) is 29.5 Å². The molecule has 4 aromatic rings. The number of amides is 1. The molecule has 2 heterocycles. The average molecular weight is 439 g/mol. The number of nitrogens with zero attached hydrogens (tertiary/aromatic N) is 3. The number of carbonyl (C=O) groups excluding carboxylic acids is 2. The number of fused-ring (bicyclic) bond motifs is 2. The minimum atomic E-state index is -0.862. The van der Waals surface area contributed by atoms with Crippen LogP contribution < -0.4 is 10.4 Å². The maximum atomic E-state index is 12.8. The number of non-ortho nitro benzene ring substituents is 1. The van der Waals surface area contributed by atoms with Gasteiger partial charge in [0.1, 0.15) is 17.7 Å². The highest BCUT2D eigenvalue weighted by atomic mass is 32.1. The van der Waals surface area contributed by atoms with Gasteiger partial charge < -0.3 is 13.7 Å². The molecule has 0 saturated heterocycles. The van der Waals surface area contributed by atoms with Crippen LogP contribution in [0, 0.1) is 10.1 Å². The number of esters is 1. The third-order valence-electron chi connectivity index (χ3n) is 4.46. The second kappa shape index (κ2) is 7.95. The van der Waals surface area contributed by atoms with Crippen molar-refractivity contribution >= 4 is 50.1 Å². The van der Waals surface area contributed by atoms with Gasteiger partial charge in [0.05, 0.1) is 22.2 Å². The third-order valence-corrected chi connectivity index (χ3v) is 5.50. The zero-order valence-electron chi connectivity index (χ0n) is 15.9. The van der Waals surface area contributed by atoms with Gasteiger partial charge in [-0.25, -0.2) is 4.79 Å². The number of nitro benzene ring substituents is 1. The summed E-state index contributed by atoms with van der Waals surface area (Å²) >= 11 is 0.971. The van der Waals surface area contributed by atoms with Gasteiger partial charge >= 0.3 is 11.6 Å². The predicted molar refractivity (Wildman–Crippen MR) is 111 cm³/mol. The number of methoxy groups -OCH3 is 1. The van der Waals surface area contributed by atoms with Crippen LogP contribution in [0.25, 0.3) is 21.2 Å². The van der Waals surface area contributed by atoms with Crippen molar-refractivity contribution in [3.63, 3.8) is 0 Å². The van der Waals surface area contributed by atoms with Crippen molar-refractivity contribution in [1.29, 1.82) is 0 Å². The van der Waals surface area contributed by atoms with E-state index in [1.165, 1.54) is 35.9 Å². The second-order valence-electron chi connectivity index (χ2n) is 6.36. The van der Waals surface area contributed by atoms with Crippen molar-refractivity contribution in [3.05, 3.63) is 79.4 Å². The summed E-state index contributed by atoms with van der Waals surface area (Å²) in [5.74, 6) is -1.46. The summed E-state index contributed by atoms with van der Waals surface area (Å²) in [7, 11) is 1.21. The van der Waals surface area contributed by atoms with Crippen LogP contribution in [0.3, 0.4) is 0 Å². The Morgan fingerprint density at radius 3 is 2.74 bits per heavy atom. The first-order valence-electron chi connectivity index (χ1n) is 8.84. The molecule has 10 nitrogen and oxygen atoms in total. The topological polar surface area (TPSA) is 134 Å². The molecular formula is C20H13N3O7S. The van der Waals surface area contributed by atoms with E-state index in [0.29, 0.717) is 21.2 Å². The van der Waals surface area contributed by atoms with Crippen LogP contribution in [0.4, 0.5) is 5.69 Å². The maximum absolute atomic E-state index is 12.8. The van der Waals surface area contributed by atoms with E-state index >= 15 is 0 Å². The Hall–Kier alpha value is -4.12. The third kappa shape index (κ3) is 3.85. The zero-order chi connectivity index (χ0) is 22.1. The number of carbonyl (C=O) groups is 2. The molecule has 0 unspecified atom stereocenters. The summed E-state index contributed by atoms with van der Waals surface area (Å²) in [6.45, 7) is -0.271. The van der Waals surface area contributed by atoms with Gasteiger partial charge in [0.15, 0.2) is 4.80 Å². The number of aromatic nitrogens is 1.